The fourth-order valence-electron chi connectivity index (χ4n) is 7.22. The molecule has 0 N–H and O–H groups in total. The molecule has 0 unspecified atom stereocenters. The van der Waals surface area contributed by atoms with Crippen LogP contribution in [-0.4, -0.2) is 0 Å². The van der Waals surface area contributed by atoms with E-state index in [1.165, 1.54) is 65.7 Å². The van der Waals surface area contributed by atoms with E-state index < -0.39 is 0 Å². The molecule has 0 radical (unpaired) electrons. The van der Waals surface area contributed by atoms with Gasteiger partial charge in [0.15, 0.2) is 0 Å². The van der Waals surface area contributed by atoms with Gasteiger partial charge in [-0.2, -0.15) is 0 Å². The van der Waals surface area contributed by atoms with Crippen molar-refractivity contribution in [3.63, 3.8) is 0 Å². The van der Waals surface area contributed by atoms with Crippen molar-refractivity contribution in [1.82, 2.24) is 0 Å². The zero-order chi connectivity index (χ0) is 32.6. The molecule has 9 aromatic rings. The van der Waals surface area contributed by atoms with Crippen LogP contribution >= 0.6 is 0 Å². The second-order valence-corrected chi connectivity index (χ2v) is 12.6. The number of rotatable bonds is 6. The number of fused-ring (bicyclic) bond motifs is 3. The Bertz CT molecular complexity index is 2570. The molecule has 0 aliphatic carbocycles. The number of benzene rings is 9. The van der Waals surface area contributed by atoms with Crippen molar-refractivity contribution in [3.8, 4) is 33.4 Å². The standard InChI is InChI=1S/C48H33N/c1-2-11-35(12-3-1)45-21-9-16-38-23-24-40(33-47(38)45)34-25-29-41(30-26-34)49(48-22-10-17-37-14-5-7-19-46(37)48)42-31-27-39(28-32-42)44-20-8-15-36-13-4-6-18-43(36)44/h1-33H. The maximum absolute atomic E-state index is 2.38. The van der Waals surface area contributed by atoms with Crippen LogP contribution in [0.1, 0.15) is 0 Å². The van der Waals surface area contributed by atoms with Crippen molar-refractivity contribution in [2.75, 3.05) is 4.90 Å². The number of anilines is 3. The lowest BCUT2D eigenvalue weighted by Gasteiger charge is -2.27. The van der Waals surface area contributed by atoms with Crippen LogP contribution in [0.25, 0.3) is 65.7 Å². The lowest BCUT2D eigenvalue weighted by atomic mass is 9.94. The van der Waals surface area contributed by atoms with Crippen LogP contribution in [0.15, 0.2) is 200 Å². The Balaban J connectivity index is 1.13. The van der Waals surface area contributed by atoms with Crippen LogP contribution in [0.5, 0.6) is 0 Å². The summed E-state index contributed by atoms with van der Waals surface area (Å²) in [6, 6.07) is 72.4. The molecule has 9 aromatic carbocycles. The fourth-order valence-corrected chi connectivity index (χ4v) is 7.22. The van der Waals surface area contributed by atoms with Crippen LogP contribution in [0.3, 0.4) is 0 Å². The minimum atomic E-state index is 1.11. The summed E-state index contributed by atoms with van der Waals surface area (Å²) in [5, 5.41) is 7.47. The molecule has 0 amide bonds. The van der Waals surface area contributed by atoms with E-state index in [-0.39, 0.29) is 0 Å². The van der Waals surface area contributed by atoms with E-state index in [9.17, 15) is 0 Å². The highest BCUT2D eigenvalue weighted by molar-refractivity contribution is 6.01. The minimum absolute atomic E-state index is 1.11. The molecule has 1 nitrogen and oxygen atoms in total. The van der Waals surface area contributed by atoms with Gasteiger partial charge in [-0.05, 0) is 96.7 Å². The Kier molecular flexibility index (Phi) is 7.22. The van der Waals surface area contributed by atoms with Crippen molar-refractivity contribution >= 4 is 49.4 Å². The summed E-state index contributed by atoms with van der Waals surface area (Å²) in [6.45, 7) is 0. The van der Waals surface area contributed by atoms with Gasteiger partial charge in [0.1, 0.15) is 0 Å². The van der Waals surface area contributed by atoms with Gasteiger partial charge in [-0.1, -0.05) is 164 Å². The van der Waals surface area contributed by atoms with E-state index in [0.717, 1.165) is 17.1 Å². The van der Waals surface area contributed by atoms with Gasteiger partial charge < -0.3 is 4.90 Å². The lowest BCUT2D eigenvalue weighted by molar-refractivity contribution is 1.30. The van der Waals surface area contributed by atoms with Crippen molar-refractivity contribution in [2.45, 2.75) is 0 Å². The maximum Gasteiger partial charge on any atom is 0.0540 e. The molecule has 0 heterocycles. The van der Waals surface area contributed by atoms with Crippen LogP contribution < -0.4 is 4.90 Å². The predicted octanol–water partition coefficient (Wildman–Crippen LogP) is 13.6. The van der Waals surface area contributed by atoms with Gasteiger partial charge in [0.05, 0.1) is 5.69 Å². The molecule has 230 valence electrons. The monoisotopic (exact) mass is 623 g/mol. The summed E-state index contributed by atoms with van der Waals surface area (Å²) in [7, 11) is 0. The van der Waals surface area contributed by atoms with Gasteiger partial charge in [0.25, 0.3) is 0 Å². The Labute approximate surface area is 287 Å². The van der Waals surface area contributed by atoms with Crippen molar-refractivity contribution in [1.29, 1.82) is 0 Å². The van der Waals surface area contributed by atoms with Crippen molar-refractivity contribution in [2.24, 2.45) is 0 Å². The first-order chi connectivity index (χ1) is 24.3. The highest BCUT2D eigenvalue weighted by Crippen LogP contribution is 2.41. The molecule has 0 aromatic heterocycles. The third-order valence-corrected chi connectivity index (χ3v) is 9.66. The zero-order valence-corrected chi connectivity index (χ0v) is 27.0. The molecule has 0 fully saturated rings. The number of nitrogens with zero attached hydrogens (tertiary/aromatic N) is 1. The van der Waals surface area contributed by atoms with Gasteiger partial charge in [0, 0.05) is 16.8 Å². The molecule has 49 heavy (non-hydrogen) atoms. The summed E-state index contributed by atoms with van der Waals surface area (Å²) in [5.74, 6) is 0. The van der Waals surface area contributed by atoms with E-state index in [2.05, 4.69) is 205 Å². The first kappa shape index (κ1) is 28.8. The average Bonchev–Trinajstić information content (AvgIpc) is 3.18. The molecule has 1 heteroatoms. The smallest absolute Gasteiger partial charge is 0.0540 e. The number of hydrogen-bond donors (Lipinski definition) is 0. The molecule has 0 saturated carbocycles. The van der Waals surface area contributed by atoms with Crippen LogP contribution in [0.4, 0.5) is 17.1 Å². The second-order valence-electron chi connectivity index (χ2n) is 12.6. The minimum Gasteiger partial charge on any atom is -0.310 e. The predicted molar refractivity (Wildman–Crippen MR) is 210 cm³/mol. The molecule has 0 aliphatic rings. The zero-order valence-electron chi connectivity index (χ0n) is 27.0. The molecular weight excluding hydrogens is 591 g/mol. The Morgan fingerprint density at radius 2 is 0.735 bits per heavy atom. The summed E-state index contributed by atoms with van der Waals surface area (Å²) in [5.41, 5.74) is 10.7. The fraction of sp³-hybridized carbons (Fsp3) is 0. The quantitative estimate of drug-likeness (QED) is 0.178. The molecule has 0 spiro atoms. The van der Waals surface area contributed by atoms with Gasteiger partial charge in [-0.15, -0.1) is 0 Å². The van der Waals surface area contributed by atoms with Gasteiger partial charge >= 0.3 is 0 Å². The van der Waals surface area contributed by atoms with E-state index in [0.29, 0.717) is 0 Å². The highest BCUT2D eigenvalue weighted by Gasteiger charge is 2.16. The highest BCUT2D eigenvalue weighted by atomic mass is 15.1. The number of hydrogen-bond acceptors (Lipinski definition) is 1. The van der Waals surface area contributed by atoms with E-state index in [4.69, 9.17) is 0 Å². The first-order valence-corrected chi connectivity index (χ1v) is 16.8. The molecule has 9 rings (SSSR count). The third kappa shape index (κ3) is 5.32. The Hall–Kier alpha value is -6.44. The molecule has 0 atom stereocenters. The van der Waals surface area contributed by atoms with E-state index in [1.54, 1.807) is 0 Å². The summed E-state index contributed by atoms with van der Waals surface area (Å²) in [4.78, 5) is 2.38. The van der Waals surface area contributed by atoms with Crippen molar-refractivity contribution < 1.29 is 0 Å². The largest absolute Gasteiger partial charge is 0.310 e. The Morgan fingerprint density at radius 1 is 0.265 bits per heavy atom. The maximum atomic E-state index is 2.38. The third-order valence-electron chi connectivity index (χ3n) is 9.66. The molecule has 0 saturated heterocycles. The van der Waals surface area contributed by atoms with Gasteiger partial charge in [-0.25, -0.2) is 0 Å². The molecular formula is C48H33N. The topological polar surface area (TPSA) is 3.24 Å². The van der Waals surface area contributed by atoms with Crippen molar-refractivity contribution in [3.05, 3.63) is 200 Å². The van der Waals surface area contributed by atoms with Gasteiger partial charge in [0.2, 0.25) is 0 Å². The normalized spacial score (nSPS) is 11.3. The summed E-state index contributed by atoms with van der Waals surface area (Å²) in [6.07, 6.45) is 0. The molecule has 0 aliphatic heterocycles. The van der Waals surface area contributed by atoms with Crippen LogP contribution in [0, 0.1) is 0 Å². The molecule has 0 bridgehead atoms. The van der Waals surface area contributed by atoms with E-state index in [1.807, 2.05) is 0 Å². The van der Waals surface area contributed by atoms with Gasteiger partial charge in [-0.3, -0.25) is 0 Å². The average molecular weight is 624 g/mol. The van der Waals surface area contributed by atoms with E-state index >= 15 is 0 Å². The first-order valence-electron chi connectivity index (χ1n) is 16.8. The Morgan fingerprint density at radius 3 is 1.43 bits per heavy atom. The van der Waals surface area contributed by atoms with Crippen LogP contribution in [-0.2, 0) is 0 Å². The SMILES string of the molecule is c1ccc(-c2cccc3ccc(-c4ccc(N(c5ccc(-c6cccc7ccccc67)cc5)c5cccc6ccccc56)cc4)cc23)cc1. The lowest BCUT2D eigenvalue weighted by Crippen LogP contribution is -2.10. The summed E-state index contributed by atoms with van der Waals surface area (Å²) >= 11 is 0. The van der Waals surface area contributed by atoms with Crippen LogP contribution in [0.2, 0.25) is 0 Å². The second kappa shape index (κ2) is 12.3. The summed E-state index contributed by atoms with van der Waals surface area (Å²) < 4.78 is 0.